The molecule has 0 radical (unpaired) electrons. The van der Waals surface area contributed by atoms with Crippen molar-refractivity contribution in [2.75, 3.05) is 0 Å². The topological polar surface area (TPSA) is 38.7 Å². The van der Waals surface area contributed by atoms with E-state index in [0.717, 1.165) is 39.2 Å². The minimum Gasteiger partial charge on any atom is -0.264 e. The molecule has 2 aliphatic rings. The van der Waals surface area contributed by atoms with Crippen LogP contribution in [-0.4, -0.2) is 15.0 Å². The molecule has 1 unspecified atom stereocenters. The molecular formula is C58H35N3S. The summed E-state index contributed by atoms with van der Waals surface area (Å²) in [6.45, 7) is 0. The third-order valence-corrected chi connectivity index (χ3v) is 14.2. The molecule has 4 heteroatoms. The van der Waals surface area contributed by atoms with Gasteiger partial charge in [-0.2, -0.15) is 0 Å². The van der Waals surface area contributed by atoms with Crippen LogP contribution < -0.4 is 0 Å². The zero-order valence-corrected chi connectivity index (χ0v) is 34.3. The Morgan fingerprint density at radius 3 is 1.73 bits per heavy atom. The van der Waals surface area contributed by atoms with Crippen molar-refractivity contribution in [2.24, 2.45) is 0 Å². The number of hydrogen-bond donors (Lipinski definition) is 0. The third-order valence-electron chi connectivity index (χ3n) is 13.0. The summed E-state index contributed by atoms with van der Waals surface area (Å²) in [5.41, 5.74) is 19.0. The number of pyridine rings is 1. The SMILES string of the molecule is c1ccc(-c2cc(-c3ccc(-c4cccnc4)cc3)nc(-c3ccc4c(c3)C3(c5ccccc5-c5ccccc5-4)c4ccccc4-c4c3ccc3sc5ccccc5c43)n2)cc1. The molecule has 3 aromatic heterocycles. The average Bonchev–Trinajstić information content (AvgIpc) is 3.85. The number of hydrogen-bond acceptors (Lipinski definition) is 4. The van der Waals surface area contributed by atoms with Crippen molar-refractivity contribution in [3.63, 3.8) is 0 Å². The molecule has 2 aliphatic carbocycles. The number of thiophene rings is 1. The number of fused-ring (bicyclic) bond motifs is 16. The lowest BCUT2D eigenvalue weighted by molar-refractivity contribution is 0.776. The summed E-state index contributed by atoms with van der Waals surface area (Å²) >= 11 is 1.88. The third kappa shape index (κ3) is 5.08. The molecule has 0 fully saturated rings. The van der Waals surface area contributed by atoms with Gasteiger partial charge in [-0.05, 0) is 97.1 Å². The number of nitrogens with zero attached hydrogens (tertiary/aromatic N) is 3. The summed E-state index contributed by atoms with van der Waals surface area (Å²) in [5.74, 6) is 0.687. The lowest BCUT2D eigenvalue weighted by Gasteiger charge is -2.35. The summed E-state index contributed by atoms with van der Waals surface area (Å²) in [6, 6.07) is 73.1. The van der Waals surface area contributed by atoms with Crippen molar-refractivity contribution < 1.29 is 0 Å². The number of aromatic nitrogens is 3. The minimum absolute atomic E-state index is 0.647. The van der Waals surface area contributed by atoms with Crippen LogP contribution in [0.4, 0.5) is 0 Å². The van der Waals surface area contributed by atoms with Gasteiger partial charge in [-0.1, -0.05) is 170 Å². The highest BCUT2D eigenvalue weighted by atomic mass is 32.1. The van der Waals surface area contributed by atoms with E-state index in [1.54, 1.807) is 0 Å². The zero-order valence-electron chi connectivity index (χ0n) is 33.5. The van der Waals surface area contributed by atoms with Crippen LogP contribution in [0.1, 0.15) is 22.3 Å². The van der Waals surface area contributed by atoms with Crippen LogP contribution in [0.25, 0.3) is 98.6 Å². The van der Waals surface area contributed by atoms with E-state index in [0.29, 0.717) is 5.82 Å². The van der Waals surface area contributed by atoms with E-state index in [1.165, 1.54) is 75.8 Å². The first kappa shape index (κ1) is 35.0. The first-order chi connectivity index (χ1) is 30.7. The van der Waals surface area contributed by atoms with E-state index in [-0.39, 0.29) is 0 Å². The Bertz CT molecular complexity index is 3570. The highest BCUT2D eigenvalue weighted by Gasteiger charge is 2.50. The first-order valence-electron chi connectivity index (χ1n) is 21.1. The number of benzene rings is 8. The molecule has 0 aliphatic heterocycles. The molecule has 62 heavy (non-hydrogen) atoms. The predicted molar refractivity (Wildman–Crippen MR) is 256 cm³/mol. The molecule has 1 spiro atoms. The van der Waals surface area contributed by atoms with Crippen LogP contribution in [0.2, 0.25) is 0 Å². The quantitative estimate of drug-likeness (QED) is 0.178. The molecule has 11 aromatic rings. The normalized spacial score (nSPS) is 14.5. The van der Waals surface area contributed by atoms with Gasteiger partial charge in [0.05, 0.1) is 16.8 Å². The van der Waals surface area contributed by atoms with Crippen molar-refractivity contribution in [3.05, 3.63) is 235 Å². The van der Waals surface area contributed by atoms with Crippen LogP contribution in [0.15, 0.2) is 213 Å². The van der Waals surface area contributed by atoms with Gasteiger partial charge in [-0.15, -0.1) is 11.3 Å². The van der Waals surface area contributed by atoms with E-state index in [9.17, 15) is 0 Å². The Morgan fingerprint density at radius 1 is 0.371 bits per heavy atom. The van der Waals surface area contributed by atoms with E-state index in [2.05, 4.69) is 199 Å². The predicted octanol–water partition coefficient (Wildman–Crippen LogP) is 14.9. The molecule has 0 saturated heterocycles. The smallest absolute Gasteiger partial charge is 0.160 e. The van der Waals surface area contributed by atoms with Gasteiger partial charge in [0.2, 0.25) is 0 Å². The lowest BCUT2D eigenvalue weighted by Crippen LogP contribution is -2.29. The average molecular weight is 806 g/mol. The zero-order chi connectivity index (χ0) is 40.8. The lowest BCUT2D eigenvalue weighted by atomic mass is 9.65. The maximum Gasteiger partial charge on any atom is 0.160 e. The van der Waals surface area contributed by atoms with Gasteiger partial charge >= 0.3 is 0 Å². The summed E-state index contributed by atoms with van der Waals surface area (Å²) < 4.78 is 2.62. The second-order valence-electron chi connectivity index (χ2n) is 16.3. The van der Waals surface area contributed by atoms with Crippen LogP contribution in [0.3, 0.4) is 0 Å². The van der Waals surface area contributed by atoms with Crippen molar-refractivity contribution in [1.29, 1.82) is 0 Å². The van der Waals surface area contributed by atoms with Crippen molar-refractivity contribution in [1.82, 2.24) is 15.0 Å². The second-order valence-corrected chi connectivity index (χ2v) is 17.3. The van der Waals surface area contributed by atoms with E-state index >= 15 is 0 Å². The van der Waals surface area contributed by atoms with E-state index in [1.807, 2.05) is 29.8 Å². The van der Waals surface area contributed by atoms with Crippen LogP contribution >= 0.6 is 11.3 Å². The van der Waals surface area contributed by atoms with Crippen molar-refractivity contribution in [3.8, 4) is 78.4 Å². The van der Waals surface area contributed by atoms with Gasteiger partial charge in [0, 0.05) is 49.3 Å². The maximum atomic E-state index is 5.41. The molecule has 288 valence electrons. The monoisotopic (exact) mass is 805 g/mol. The van der Waals surface area contributed by atoms with Crippen LogP contribution in [0.5, 0.6) is 0 Å². The van der Waals surface area contributed by atoms with Crippen molar-refractivity contribution in [2.45, 2.75) is 5.41 Å². The largest absolute Gasteiger partial charge is 0.264 e. The molecule has 8 aromatic carbocycles. The molecular weight excluding hydrogens is 771 g/mol. The Kier molecular flexibility index (Phi) is 7.69. The Hall–Kier alpha value is -7.79. The highest BCUT2D eigenvalue weighted by molar-refractivity contribution is 7.26. The van der Waals surface area contributed by atoms with Gasteiger partial charge < -0.3 is 0 Å². The fraction of sp³-hybridized carbons (Fsp3) is 0.0172. The van der Waals surface area contributed by atoms with Gasteiger partial charge in [0.25, 0.3) is 0 Å². The molecule has 3 heterocycles. The second kappa shape index (κ2) is 13.6. The fourth-order valence-corrected chi connectivity index (χ4v) is 11.5. The molecule has 13 rings (SSSR count). The van der Waals surface area contributed by atoms with Gasteiger partial charge in [-0.3, -0.25) is 4.98 Å². The highest BCUT2D eigenvalue weighted by Crippen LogP contribution is 2.63. The van der Waals surface area contributed by atoms with Gasteiger partial charge in [0.15, 0.2) is 5.82 Å². The summed E-state index contributed by atoms with van der Waals surface area (Å²) in [7, 11) is 0. The molecule has 0 N–H and O–H groups in total. The Balaban J connectivity index is 1.11. The maximum absolute atomic E-state index is 5.41. The molecule has 0 saturated carbocycles. The summed E-state index contributed by atoms with van der Waals surface area (Å²) in [5, 5.41) is 2.64. The van der Waals surface area contributed by atoms with E-state index in [4.69, 9.17) is 9.97 Å². The van der Waals surface area contributed by atoms with Crippen molar-refractivity contribution >= 4 is 31.5 Å². The molecule has 0 amide bonds. The molecule has 0 bridgehead atoms. The van der Waals surface area contributed by atoms with E-state index < -0.39 is 5.41 Å². The Morgan fingerprint density at radius 2 is 0.968 bits per heavy atom. The van der Waals surface area contributed by atoms with Gasteiger partial charge in [0.1, 0.15) is 0 Å². The fourth-order valence-electron chi connectivity index (χ4n) is 10.4. The Labute approximate surface area is 363 Å². The standard InChI is InChI=1S/C58H35N3S/c1-2-13-37(14-3-1)51-34-52(38-26-24-36(25-27-38)40-15-12-32-59-35-40)61-57(60-51)39-28-29-44-42-17-5-4-16-41(42)43-18-6-9-21-47(43)58(50(44)33-39)48-22-10-7-19-45(48)55-49(58)30-31-54-56(55)46-20-8-11-23-53(46)62-54/h1-35H. The first-order valence-corrected chi connectivity index (χ1v) is 21.9. The summed E-state index contributed by atoms with van der Waals surface area (Å²) in [4.78, 5) is 15.1. The molecule has 3 nitrogen and oxygen atoms in total. The van der Waals surface area contributed by atoms with Gasteiger partial charge in [-0.25, -0.2) is 9.97 Å². The van der Waals surface area contributed by atoms with Crippen LogP contribution in [-0.2, 0) is 5.41 Å². The molecule has 1 atom stereocenters. The minimum atomic E-state index is -0.647. The van der Waals surface area contributed by atoms with Crippen LogP contribution in [0, 0.1) is 0 Å². The number of rotatable bonds is 4. The summed E-state index contributed by atoms with van der Waals surface area (Å²) in [6.07, 6.45) is 3.71.